The van der Waals surface area contributed by atoms with Crippen molar-refractivity contribution in [2.45, 2.75) is 37.7 Å². The maximum Gasteiger partial charge on any atom is 0.490 e. The fraction of sp³-hybridized carbons (Fsp3) is 0.524. The number of aliphatic carboxylic acids is 1. The molecule has 0 radical (unpaired) electrons. The van der Waals surface area contributed by atoms with Gasteiger partial charge in [-0.25, -0.2) is 9.78 Å². The van der Waals surface area contributed by atoms with Crippen molar-refractivity contribution in [1.29, 1.82) is 0 Å². The average molecular weight is 470 g/mol. The average Bonchev–Trinajstić information content (AvgIpc) is 3.31. The van der Waals surface area contributed by atoms with E-state index in [1.54, 1.807) is 18.7 Å². The van der Waals surface area contributed by atoms with Crippen molar-refractivity contribution in [3.05, 3.63) is 48.4 Å². The Morgan fingerprint density at radius 3 is 2.67 bits per heavy atom. The van der Waals surface area contributed by atoms with Crippen LogP contribution in [0, 0.1) is 5.92 Å². The fourth-order valence-electron chi connectivity index (χ4n) is 4.07. The van der Waals surface area contributed by atoms with Crippen molar-refractivity contribution < 1.29 is 37.0 Å². The first-order valence-corrected chi connectivity index (χ1v) is 10.4. The minimum Gasteiger partial charge on any atom is -0.475 e. The van der Waals surface area contributed by atoms with Crippen LogP contribution >= 0.6 is 0 Å². The van der Waals surface area contributed by atoms with Crippen LogP contribution < -0.4 is 0 Å². The Balaban J connectivity index is 0.000000383. The van der Waals surface area contributed by atoms with E-state index in [1.165, 1.54) is 6.20 Å². The SMILES string of the molecule is CN(Cc1ccco1)[C@@H]1CN(C(=O)c2cnccn2)C[C@@H]2CCCO[C@@H]21.O=C(O)C(F)(F)F. The van der Waals surface area contributed by atoms with Crippen LogP contribution in [0.2, 0.25) is 0 Å². The van der Waals surface area contributed by atoms with Crippen molar-refractivity contribution in [3.63, 3.8) is 0 Å². The molecule has 2 aliphatic rings. The molecule has 33 heavy (non-hydrogen) atoms. The van der Waals surface area contributed by atoms with Crippen LogP contribution in [0.4, 0.5) is 13.2 Å². The summed E-state index contributed by atoms with van der Waals surface area (Å²) in [7, 11) is 2.07. The van der Waals surface area contributed by atoms with Crippen molar-refractivity contribution in [1.82, 2.24) is 19.8 Å². The molecule has 0 aromatic carbocycles. The molecular formula is C21H25F3N4O5. The summed E-state index contributed by atoms with van der Waals surface area (Å²) < 4.78 is 43.4. The lowest BCUT2D eigenvalue weighted by Crippen LogP contribution is -2.61. The molecule has 9 nitrogen and oxygen atoms in total. The zero-order valence-electron chi connectivity index (χ0n) is 17.9. The summed E-state index contributed by atoms with van der Waals surface area (Å²) in [6.07, 6.45) is 3.56. The second-order valence-corrected chi connectivity index (χ2v) is 7.90. The van der Waals surface area contributed by atoms with E-state index in [-0.39, 0.29) is 18.1 Å². The molecule has 3 atom stereocenters. The van der Waals surface area contributed by atoms with E-state index in [9.17, 15) is 18.0 Å². The predicted molar refractivity (Wildman–Crippen MR) is 108 cm³/mol. The molecule has 0 aliphatic carbocycles. The molecule has 1 N–H and O–H groups in total. The molecule has 4 heterocycles. The number of carbonyl (C=O) groups excluding carboxylic acids is 1. The Morgan fingerprint density at radius 1 is 1.30 bits per heavy atom. The third kappa shape index (κ3) is 6.51. The highest BCUT2D eigenvalue weighted by Crippen LogP contribution is 2.32. The van der Waals surface area contributed by atoms with E-state index in [1.807, 2.05) is 17.0 Å². The fourth-order valence-corrected chi connectivity index (χ4v) is 4.07. The number of likely N-dealkylation sites (tertiary alicyclic amines) is 1. The third-order valence-electron chi connectivity index (χ3n) is 5.60. The molecule has 0 bridgehead atoms. The van der Waals surface area contributed by atoms with Gasteiger partial charge in [0.2, 0.25) is 0 Å². The summed E-state index contributed by atoms with van der Waals surface area (Å²) in [5.74, 6) is -1.55. The van der Waals surface area contributed by atoms with Gasteiger partial charge < -0.3 is 19.2 Å². The molecule has 0 unspecified atom stereocenters. The van der Waals surface area contributed by atoms with Crippen LogP contribution in [0.25, 0.3) is 0 Å². The normalized spacial score (nSPS) is 22.8. The second kappa shape index (κ2) is 10.8. The van der Waals surface area contributed by atoms with E-state index < -0.39 is 12.1 Å². The number of hydrogen-bond donors (Lipinski definition) is 1. The van der Waals surface area contributed by atoms with Crippen LogP contribution in [0.1, 0.15) is 29.1 Å². The summed E-state index contributed by atoms with van der Waals surface area (Å²) in [6.45, 7) is 2.82. The van der Waals surface area contributed by atoms with Crippen molar-refractivity contribution in [2.75, 3.05) is 26.7 Å². The zero-order chi connectivity index (χ0) is 24.0. The Bertz CT molecular complexity index is 910. The van der Waals surface area contributed by atoms with Gasteiger partial charge >= 0.3 is 12.1 Å². The van der Waals surface area contributed by atoms with E-state index in [2.05, 4.69) is 21.9 Å². The summed E-state index contributed by atoms with van der Waals surface area (Å²) in [5.41, 5.74) is 0.398. The van der Waals surface area contributed by atoms with Gasteiger partial charge in [0.1, 0.15) is 11.5 Å². The summed E-state index contributed by atoms with van der Waals surface area (Å²) in [5, 5.41) is 7.12. The lowest BCUT2D eigenvalue weighted by Gasteiger charge is -2.48. The highest BCUT2D eigenvalue weighted by molar-refractivity contribution is 5.92. The smallest absolute Gasteiger partial charge is 0.475 e. The Hall–Kier alpha value is -2.99. The van der Waals surface area contributed by atoms with Crippen molar-refractivity contribution >= 4 is 11.9 Å². The Kier molecular flexibility index (Phi) is 8.03. The van der Waals surface area contributed by atoms with Gasteiger partial charge in [-0.3, -0.25) is 14.7 Å². The molecular weight excluding hydrogens is 445 g/mol. The number of aromatic nitrogens is 2. The number of piperidine rings is 1. The standard InChI is InChI=1S/C19H24N4O3.C2HF3O2/c1-22(12-15-5-3-8-25-15)17-13-23(11-14-4-2-9-26-18(14)17)19(24)16-10-20-6-7-21-16;3-2(4,5)1(6)7/h3,5-8,10,14,17-18H,2,4,9,11-13H2,1H3;(H,6,7)/t14-,17+,18-;/m0./s1. The Labute approximate surface area is 188 Å². The van der Waals surface area contributed by atoms with Crippen LogP contribution in [0.15, 0.2) is 41.4 Å². The van der Waals surface area contributed by atoms with Crippen LogP contribution in [-0.4, -0.2) is 81.8 Å². The minimum absolute atomic E-state index is 0.0569. The lowest BCUT2D eigenvalue weighted by atomic mass is 9.84. The number of rotatable bonds is 4. The summed E-state index contributed by atoms with van der Waals surface area (Å²) >= 11 is 0. The molecule has 2 aromatic heterocycles. The highest BCUT2D eigenvalue weighted by Gasteiger charge is 2.43. The molecule has 0 saturated carbocycles. The number of ether oxygens (including phenoxy) is 1. The maximum absolute atomic E-state index is 12.9. The highest BCUT2D eigenvalue weighted by atomic mass is 19.4. The molecule has 2 aliphatic heterocycles. The molecule has 0 spiro atoms. The quantitative estimate of drug-likeness (QED) is 0.726. The summed E-state index contributed by atoms with van der Waals surface area (Å²) in [6, 6.07) is 3.99. The van der Waals surface area contributed by atoms with Crippen LogP contribution in [0.3, 0.4) is 0 Å². The maximum atomic E-state index is 12.9. The van der Waals surface area contributed by atoms with Gasteiger partial charge in [0.05, 0.1) is 31.2 Å². The molecule has 2 aromatic rings. The van der Waals surface area contributed by atoms with Gasteiger partial charge in [-0.1, -0.05) is 0 Å². The van der Waals surface area contributed by atoms with Crippen LogP contribution in [0.5, 0.6) is 0 Å². The second-order valence-electron chi connectivity index (χ2n) is 7.90. The van der Waals surface area contributed by atoms with Crippen molar-refractivity contribution in [3.8, 4) is 0 Å². The monoisotopic (exact) mass is 470 g/mol. The number of alkyl halides is 3. The largest absolute Gasteiger partial charge is 0.490 e. The van der Waals surface area contributed by atoms with E-state index in [0.29, 0.717) is 31.2 Å². The number of carbonyl (C=O) groups is 2. The topological polar surface area (TPSA) is 109 Å². The first kappa shape index (κ1) is 24.6. The number of likely N-dealkylation sites (N-methyl/N-ethyl adjacent to an activating group) is 1. The number of halogens is 3. The number of furan rings is 1. The minimum atomic E-state index is -5.08. The number of nitrogens with zero attached hydrogens (tertiary/aromatic N) is 4. The number of hydrogen-bond acceptors (Lipinski definition) is 7. The Morgan fingerprint density at radius 2 is 2.06 bits per heavy atom. The first-order chi connectivity index (χ1) is 15.7. The molecule has 12 heteroatoms. The van der Waals surface area contributed by atoms with Crippen LogP contribution in [-0.2, 0) is 16.1 Å². The number of carboxylic acids is 1. The van der Waals surface area contributed by atoms with Gasteiger partial charge in [0.25, 0.3) is 5.91 Å². The van der Waals surface area contributed by atoms with Crippen molar-refractivity contribution in [2.24, 2.45) is 5.92 Å². The van der Waals surface area contributed by atoms with Gasteiger partial charge in [-0.15, -0.1) is 0 Å². The van der Waals surface area contributed by atoms with E-state index in [0.717, 1.165) is 25.2 Å². The molecule has 4 rings (SSSR count). The third-order valence-corrected chi connectivity index (χ3v) is 5.60. The van der Waals surface area contributed by atoms with E-state index in [4.69, 9.17) is 19.1 Å². The van der Waals surface area contributed by atoms with Gasteiger partial charge in [-0.05, 0) is 32.0 Å². The van der Waals surface area contributed by atoms with Gasteiger partial charge in [0.15, 0.2) is 0 Å². The zero-order valence-corrected chi connectivity index (χ0v) is 17.9. The molecule has 180 valence electrons. The molecule has 1 amide bonds. The lowest BCUT2D eigenvalue weighted by molar-refractivity contribution is -0.192. The summed E-state index contributed by atoms with van der Waals surface area (Å²) in [4.78, 5) is 34.1. The number of carboxylic acid groups (broad SMARTS) is 1. The molecule has 2 fully saturated rings. The number of amides is 1. The number of fused-ring (bicyclic) bond motifs is 1. The molecule has 2 saturated heterocycles. The van der Waals surface area contributed by atoms with Gasteiger partial charge in [0, 0.05) is 38.0 Å². The van der Waals surface area contributed by atoms with Gasteiger partial charge in [-0.2, -0.15) is 13.2 Å². The predicted octanol–water partition coefficient (Wildman–Crippen LogP) is 2.45. The first-order valence-electron chi connectivity index (χ1n) is 10.4. The van der Waals surface area contributed by atoms with E-state index >= 15 is 0 Å².